The number of ether oxygens (including phenoxy) is 1. The van der Waals surface area contributed by atoms with Crippen LogP contribution >= 0.6 is 0 Å². The van der Waals surface area contributed by atoms with Crippen molar-refractivity contribution >= 4 is 5.78 Å². The predicted octanol–water partition coefficient (Wildman–Crippen LogP) is 6.31. The molecule has 0 bridgehead atoms. The molecule has 3 heteroatoms. The van der Waals surface area contributed by atoms with Crippen molar-refractivity contribution in [3.8, 4) is 11.5 Å². The molecule has 4 aliphatic rings. The summed E-state index contributed by atoms with van der Waals surface area (Å²) in [6.07, 6.45) is 9.07. The first-order valence-electron chi connectivity index (χ1n) is 12.0. The predicted molar refractivity (Wildman–Crippen MR) is 119 cm³/mol. The summed E-state index contributed by atoms with van der Waals surface area (Å²) in [5, 5.41) is 10.1. The number of Topliss-reactive ketones (excluding diaryl/α,β-unsaturated/α-hetero) is 1. The van der Waals surface area contributed by atoms with Crippen LogP contribution in [0.25, 0.3) is 0 Å². The van der Waals surface area contributed by atoms with E-state index in [4.69, 9.17) is 4.74 Å². The fraction of sp³-hybridized carbons (Fsp3) is 0.741. The lowest BCUT2D eigenvalue weighted by Gasteiger charge is -2.68. The van der Waals surface area contributed by atoms with Gasteiger partial charge in [-0.2, -0.15) is 0 Å². The van der Waals surface area contributed by atoms with Gasteiger partial charge in [0.2, 0.25) is 0 Å². The highest BCUT2D eigenvalue weighted by molar-refractivity contribution is 5.82. The van der Waals surface area contributed by atoms with Crippen LogP contribution < -0.4 is 4.74 Å². The van der Waals surface area contributed by atoms with Crippen molar-refractivity contribution in [2.24, 2.45) is 34.0 Å². The Kier molecular flexibility index (Phi) is 4.26. The Morgan fingerprint density at radius 3 is 2.40 bits per heavy atom. The van der Waals surface area contributed by atoms with Gasteiger partial charge in [-0.15, -0.1) is 0 Å². The first-order chi connectivity index (χ1) is 14.0. The molecule has 1 N–H and O–H groups in total. The van der Waals surface area contributed by atoms with Crippen molar-refractivity contribution < 1.29 is 14.6 Å². The van der Waals surface area contributed by atoms with E-state index in [1.54, 1.807) is 6.07 Å². The summed E-state index contributed by atoms with van der Waals surface area (Å²) in [5.41, 5.74) is 1.29. The summed E-state index contributed by atoms with van der Waals surface area (Å²) >= 11 is 0. The molecule has 3 aliphatic carbocycles. The van der Waals surface area contributed by atoms with E-state index >= 15 is 0 Å². The van der Waals surface area contributed by atoms with Crippen LogP contribution in [0.2, 0.25) is 0 Å². The standard InChI is InChI=1S/C27H38O3/c1-17(28)24(2)11-6-12-25(3)21(24)9-13-26(4)22(25)10-14-27(5)23(26)16-18-15-19(29)7-8-20(18)30-27/h7-8,15,21-23,29H,6,9-14,16H2,1-5H3/t21-,22+,23-,24+,25-,26+,27-/m0/s1. The zero-order valence-electron chi connectivity index (χ0n) is 19.4. The second kappa shape index (κ2) is 6.26. The van der Waals surface area contributed by atoms with Crippen LogP contribution in [-0.2, 0) is 11.2 Å². The van der Waals surface area contributed by atoms with Gasteiger partial charge in [0.1, 0.15) is 22.9 Å². The summed E-state index contributed by atoms with van der Waals surface area (Å²) in [7, 11) is 0. The molecule has 0 unspecified atom stereocenters. The van der Waals surface area contributed by atoms with Crippen LogP contribution in [0.4, 0.5) is 0 Å². The van der Waals surface area contributed by atoms with E-state index in [2.05, 4.69) is 27.7 Å². The summed E-state index contributed by atoms with van der Waals surface area (Å²) in [5.74, 6) is 3.26. The molecule has 0 aromatic heterocycles. The molecule has 1 heterocycles. The van der Waals surface area contributed by atoms with Gasteiger partial charge in [-0.25, -0.2) is 0 Å². The highest BCUT2D eigenvalue weighted by atomic mass is 16.5. The third kappa shape index (κ3) is 2.53. The maximum Gasteiger partial charge on any atom is 0.135 e. The number of phenolic OH excluding ortho intramolecular Hbond substituents is 1. The van der Waals surface area contributed by atoms with Crippen molar-refractivity contribution in [3.05, 3.63) is 23.8 Å². The van der Waals surface area contributed by atoms with Gasteiger partial charge in [0.25, 0.3) is 0 Å². The Hall–Kier alpha value is -1.51. The second-order valence-electron chi connectivity index (χ2n) is 12.0. The van der Waals surface area contributed by atoms with Crippen LogP contribution in [0.1, 0.15) is 85.1 Å². The van der Waals surface area contributed by atoms with Gasteiger partial charge in [0, 0.05) is 11.3 Å². The van der Waals surface area contributed by atoms with Crippen molar-refractivity contribution in [1.29, 1.82) is 0 Å². The Morgan fingerprint density at radius 2 is 1.67 bits per heavy atom. The molecule has 3 nitrogen and oxygen atoms in total. The number of carbonyl (C=O) groups is 1. The molecule has 164 valence electrons. The maximum absolute atomic E-state index is 12.8. The lowest BCUT2D eigenvalue weighted by atomic mass is 9.37. The van der Waals surface area contributed by atoms with E-state index in [1.165, 1.54) is 25.7 Å². The minimum atomic E-state index is -0.156. The summed E-state index contributed by atoms with van der Waals surface area (Å²) < 4.78 is 6.68. The number of phenols is 1. The molecule has 1 aromatic carbocycles. The SMILES string of the molecule is CC(=O)[C@@]1(C)CCC[C@]2(C)[C@H]3CC[C@]4(C)Oc5ccc(O)cc5C[C@H]4[C@]3(C)CC[C@H]21. The average molecular weight is 411 g/mol. The molecule has 0 amide bonds. The Morgan fingerprint density at radius 1 is 0.967 bits per heavy atom. The molecule has 3 fully saturated rings. The number of hydrogen-bond donors (Lipinski definition) is 1. The molecule has 7 atom stereocenters. The smallest absolute Gasteiger partial charge is 0.135 e. The highest BCUT2D eigenvalue weighted by Crippen LogP contribution is 2.71. The van der Waals surface area contributed by atoms with E-state index in [1.807, 2.05) is 19.1 Å². The van der Waals surface area contributed by atoms with Crippen molar-refractivity contribution in [3.63, 3.8) is 0 Å². The number of rotatable bonds is 1. The quantitative estimate of drug-likeness (QED) is 0.590. The summed E-state index contributed by atoms with van der Waals surface area (Å²) in [6, 6.07) is 5.59. The van der Waals surface area contributed by atoms with Gasteiger partial charge < -0.3 is 9.84 Å². The lowest BCUT2D eigenvalue weighted by molar-refractivity contribution is -0.209. The van der Waals surface area contributed by atoms with E-state index in [9.17, 15) is 9.90 Å². The topological polar surface area (TPSA) is 46.5 Å². The Balaban J connectivity index is 1.55. The first-order valence-corrected chi connectivity index (χ1v) is 12.0. The van der Waals surface area contributed by atoms with Gasteiger partial charge in [-0.1, -0.05) is 27.2 Å². The molecular weight excluding hydrogens is 372 g/mol. The van der Waals surface area contributed by atoms with Crippen LogP contribution in [0.5, 0.6) is 11.5 Å². The number of ketones is 1. The van der Waals surface area contributed by atoms with E-state index in [0.717, 1.165) is 37.0 Å². The molecule has 0 saturated heterocycles. The minimum Gasteiger partial charge on any atom is -0.508 e. The van der Waals surface area contributed by atoms with Gasteiger partial charge in [-0.3, -0.25) is 4.79 Å². The Bertz CT molecular complexity index is 892. The van der Waals surface area contributed by atoms with Crippen molar-refractivity contribution in [2.45, 2.75) is 91.6 Å². The van der Waals surface area contributed by atoms with Gasteiger partial charge in [-0.05, 0) is 105 Å². The Labute approximate surface area is 181 Å². The van der Waals surface area contributed by atoms with E-state index < -0.39 is 0 Å². The molecule has 30 heavy (non-hydrogen) atoms. The van der Waals surface area contributed by atoms with Crippen molar-refractivity contribution in [2.75, 3.05) is 0 Å². The molecule has 1 aliphatic heterocycles. The van der Waals surface area contributed by atoms with Gasteiger partial charge >= 0.3 is 0 Å². The first kappa shape index (κ1) is 20.4. The molecule has 1 aromatic rings. The lowest BCUT2D eigenvalue weighted by Crippen LogP contribution is -2.65. The number of hydrogen-bond acceptors (Lipinski definition) is 3. The van der Waals surface area contributed by atoms with Crippen LogP contribution in [0, 0.1) is 34.0 Å². The normalized spacial score (nSPS) is 47.2. The van der Waals surface area contributed by atoms with E-state index in [0.29, 0.717) is 29.3 Å². The van der Waals surface area contributed by atoms with Gasteiger partial charge in [0.05, 0.1) is 0 Å². The fourth-order valence-corrected chi connectivity index (χ4v) is 9.03. The summed E-state index contributed by atoms with van der Waals surface area (Å²) in [4.78, 5) is 12.8. The largest absolute Gasteiger partial charge is 0.508 e. The monoisotopic (exact) mass is 410 g/mol. The van der Waals surface area contributed by atoms with Crippen LogP contribution in [0.3, 0.4) is 0 Å². The maximum atomic E-state index is 12.8. The summed E-state index contributed by atoms with van der Waals surface area (Å²) in [6.45, 7) is 11.5. The number of benzene rings is 1. The van der Waals surface area contributed by atoms with Crippen LogP contribution in [-0.4, -0.2) is 16.5 Å². The second-order valence-corrected chi connectivity index (χ2v) is 12.0. The zero-order valence-corrected chi connectivity index (χ0v) is 19.4. The van der Waals surface area contributed by atoms with Crippen LogP contribution in [0.15, 0.2) is 18.2 Å². The van der Waals surface area contributed by atoms with E-state index in [-0.39, 0.29) is 21.8 Å². The average Bonchev–Trinajstić information content (AvgIpc) is 2.66. The van der Waals surface area contributed by atoms with Crippen molar-refractivity contribution in [1.82, 2.24) is 0 Å². The molecule has 0 spiro atoms. The molecule has 0 radical (unpaired) electrons. The third-order valence-electron chi connectivity index (χ3n) is 10.6. The number of aromatic hydroxyl groups is 1. The van der Waals surface area contributed by atoms with Gasteiger partial charge in [0.15, 0.2) is 0 Å². The number of carbonyl (C=O) groups excluding carboxylic acids is 1. The minimum absolute atomic E-state index is 0.142. The molecule has 5 rings (SSSR count). The highest BCUT2D eigenvalue weighted by Gasteiger charge is 2.66. The zero-order chi connectivity index (χ0) is 21.5. The number of fused-ring (bicyclic) bond motifs is 6. The fourth-order valence-electron chi connectivity index (χ4n) is 9.03. The molecule has 3 saturated carbocycles. The third-order valence-corrected chi connectivity index (χ3v) is 10.6. The molecular formula is C27H38O3.